The number of carbonyl (C=O) groups is 1. The second-order valence-corrected chi connectivity index (χ2v) is 7.75. The molecule has 142 valence electrons. The third-order valence-electron chi connectivity index (χ3n) is 3.54. The Kier molecular flexibility index (Phi) is 6.39. The van der Waals surface area contributed by atoms with E-state index in [1.807, 2.05) is 6.07 Å². The summed E-state index contributed by atoms with van der Waals surface area (Å²) in [4.78, 5) is 12.0. The average molecular weight is 389 g/mol. The molecule has 0 heterocycles. The molecule has 2 aromatic rings. The minimum atomic E-state index is -3.75. The molecule has 0 radical (unpaired) electrons. The van der Waals surface area contributed by atoms with Crippen molar-refractivity contribution < 1.29 is 22.7 Å². The summed E-state index contributed by atoms with van der Waals surface area (Å²) in [5.41, 5.74) is 0.706. The number of amides is 1. The molecular formula is C18H19N3O5S. The normalized spacial score (nSPS) is 10.9. The molecule has 2 rings (SSSR count). The van der Waals surface area contributed by atoms with Crippen molar-refractivity contribution in [3.63, 3.8) is 0 Å². The van der Waals surface area contributed by atoms with Crippen LogP contribution in [-0.4, -0.2) is 46.4 Å². The van der Waals surface area contributed by atoms with Gasteiger partial charge in [0.25, 0.3) is 5.91 Å². The molecular weight excluding hydrogens is 370 g/mol. The number of nitriles is 1. The van der Waals surface area contributed by atoms with E-state index in [1.54, 1.807) is 18.2 Å². The maximum Gasteiger partial charge on any atom is 0.262 e. The predicted molar refractivity (Wildman–Crippen MR) is 99.1 cm³/mol. The molecule has 0 aliphatic carbocycles. The van der Waals surface area contributed by atoms with E-state index in [0.29, 0.717) is 11.3 Å². The van der Waals surface area contributed by atoms with E-state index >= 15 is 0 Å². The minimum Gasteiger partial charge on any atom is -0.495 e. The smallest absolute Gasteiger partial charge is 0.262 e. The Labute approximate surface area is 158 Å². The Morgan fingerprint density at radius 3 is 2.59 bits per heavy atom. The van der Waals surface area contributed by atoms with Gasteiger partial charge in [-0.3, -0.25) is 4.79 Å². The Hall–Kier alpha value is -3.09. The quantitative estimate of drug-likeness (QED) is 0.774. The van der Waals surface area contributed by atoms with E-state index in [0.717, 1.165) is 4.31 Å². The van der Waals surface area contributed by atoms with Crippen molar-refractivity contribution in [1.29, 1.82) is 5.26 Å². The van der Waals surface area contributed by atoms with Crippen LogP contribution in [0.3, 0.4) is 0 Å². The number of carbonyl (C=O) groups excluding carboxylic acids is 1. The summed E-state index contributed by atoms with van der Waals surface area (Å²) >= 11 is 0. The molecule has 0 bridgehead atoms. The number of sulfonamides is 1. The van der Waals surface area contributed by atoms with Gasteiger partial charge in [0, 0.05) is 19.8 Å². The van der Waals surface area contributed by atoms with Gasteiger partial charge in [-0.15, -0.1) is 0 Å². The van der Waals surface area contributed by atoms with E-state index < -0.39 is 15.9 Å². The van der Waals surface area contributed by atoms with Crippen molar-refractivity contribution in [3.05, 3.63) is 48.0 Å². The van der Waals surface area contributed by atoms with E-state index in [9.17, 15) is 13.2 Å². The Morgan fingerprint density at radius 1 is 1.22 bits per heavy atom. The molecule has 0 fully saturated rings. The first-order chi connectivity index (χ1) is 12.8. The van der Waals surface area contributed by atoms with E-state index in [1.165, 1.54) is 45.5 Å². The lowest BCUT2D eigenvalue weighted by atomic mass is 10.2. The van der Waals surface area contributed by atoms with Gasteiger partial charge in [0.05, 0.1) is 18.7 Å². The van der Waals surface area contributed by atoms with Crippen LogP contribution in [0.5, 0.6) is 11.5 Å². The molecule has 1 N–H and O–H groups in total. The van der Waals surface area contributed by atoms with Crippen LogP contribution < -0.4 is 14.8 Å². The lowest BCUT2D eigenvalue weighted by Crippen LogP contribution is -2.24. The predicted octanol–water partition coefficient (Wildman–Crippen LogP) is 1.83. The molecule has 0 aromatic heterocycles. The van der Waals surface area contributed by atoms with Gasteiger partial charge in [-0.1, -0.05) is 6.07 Å². The number of methoxy groups -OCH3 is 1. The summed E-state index contributed by atoms with van der Waals surface area (Å²) < 4.78 is 36.3. The highest BCUT2D eigenvalue weighted by atomic mass is 32.2. The molecule has 0 spiro atoms. The molecule has 0 atom stereocenters. The van der Waals surface area contributed by atoms with Gasteiger partial charge in [0.15, 0.2) is 6.61 Å². The molecule has 9 heteroatoms. The minimum absolute atomic E-state index is 0.0598. The first kappa shape index (κ1) is 20.2. The second-order valence-electron chi connectivity index (χ2n) is 5.63. The maximum atomic E-state index is 12.4. The van der Waals surface area contributed by atoms with Gasteiger partial charge < -0.3 is 14.8 Å². The van der Waals surface area contributed by atoms with Gasteiger partial charge in [0.2, 0.25) is 10.0 Å². The Balaban J connectivity index is 2.12. The number of ether oxygens (including phenoxy) is 2. The number of benzene rings is 2. The summed E-state index contributed by atoms with van der Waals surface area (Å²) in [5.74, 6) is 0.0804. The summed E-state index contributed by atoms with van der Waals surface area (Å²) in [5, 5.41) is 11.4. The zero-order valence-electron chi connectivity index (χ0n) is 15.1. The number of rotatable bonds is 7. The van der Waals surface area contributed by atoms with Crippen LogP contribution in [-0.2, 0) is 14.8 Å². The lowest BCUT2D eigenvalue weighted by Gasteiger charge is -2.16. The van der Waals surface area contributed by atoms with Crippen molar-refractivity contribution >= 4 is 21.6 Å². The molecule has 2 aromatic carbocycles. The van der Waals surface area contributed by atoms with Gasteiger partial charge in [-0.2, -0.15) is 5.26 Å². The van der Waals surface area contributed by atoms with Crippen LogP contribution in [0.1, 0.15) is 5.56 Å². The standard InChI is InChI=1S/C18H19N3O5S/c1-21(2)27(23,24)17-10-14(7-8-16(17)25-3)20-18(22)12-26-15-6-4-5-13(9-15)11-19/h4-10H,12H2,1-3H3,(H,20,22). The third-order valence-corrected chi connectivity index (χ3v) is 5.38. The topological polar surface area (TPSA) is 109 Å². The third kappa shape index (κ3) is 4.97. The molecule has 27 heavy (non-hydrogen) atoms. The molecule has 1 amide bonds. The number of nitrogens with one attached hydrogen (secondary N) is 1. The molecule has 0 aliphatic heterocycles. The van der Waals surface area contributed by atoms with Crippen molar-refractivity contribution in [2.45, 2.75) is 4.90 Å². The van der Waals surface area contributed by atoms with Crippen LogP contribution >= 0.6 is 0 Å². The highest BCUT2D eigenvalue weighted by molar-refractivity contribution is 7.89. The number of nitrogens with zero attached hydrogens (tertiary/aromatic N) is 2. The Bertz CT molecular complexity index is 981. The van der Waals surface area contributed by atoms with E-state index in [2.05, 4.69) is 5.32 Å². The molecule has 8 nitrogen and oxygen atoms in total. The summed E-state index contributed by atoms with van der Waals surface area (Å²) in [7, 11) is 0.433. The monoisotopic (exact) mass is 389 g/mol. The molecule has 0 aliphatic rings. The first-order valence-electron chi connectivity index (χ1n) is 7.81. The number of anilines is 1. The fourth-order valence-corrected chi connectivity index (χ4v) is 3.23. The van der Waals surface area contributed by atoms with Gasteiger partial charge in [-0.25, -0.2) is 12.7 Å². The largest absolute Gasteiger partial charge is 0.495 e. The molecule has 0 unspecified atom stereocenters. The van der Waals surface area contributed by atoms with Crippen LogP contribution in [0.25, 0.3) is 0 Å². The average Bonchev–Trinajstić information content (AvgIpc) is 2.66. The Morgan fingerprint density at radius 2 is 1.96 bits per heavy atom. The van der Waals surface area contributed by atoms with Crippen LogP contribution in [0, 0.1) is 11.3 Å². The van der Waals surface area contributed by atoms with Crippen LogP contribution in [0.15, 0.2) is 47.4 Å². The molecule has 0 saturated heterocycles. The van der Waals surface area contributed by atoms with Crippen LogP contribution in [0.4, 0.5) is 5.69 Å². The fourth-order valence-electron chi connectivity index (χ4n) is 2.15. The van der Waals surface area contributed by atoms with Crippen LogP contribution in [0.2, 0.25) is 0 Å². The van der Waals surface area contributed by atoms with Crippen molar-refractivity contribution in [3.8, 4) is 17.6 Å². The first-order valence-corrected chi connectivity index (χ1v) is 9.25. The summed E-state index contributed by atoms with van der Waals surface area (Å²) in [6, 6.07) is 12.7. The van der Waals surface area contributed by atoms with E-state index in [-0.39, 0.29) is 22.9 Å². The SMILES string of the molecule is COc1ccc(NC(=O)COc2cccc(C#N)c2)cc1S(=O)(=O)N(C)C. The lowest BCUT2D eigenvalue weighted by molar-refractivity contribution is -0.118. The second kappa shape index (κ2) is 8.53. The van der Waals surface area contributed by atoms with Gasteiger partial charge >= 0.3 is 0 Å². The molecule has 0 saturated carbocycles. The van der Waals surface area contributed by atoms with Gasteiger partial charge in [0.1, 0.15) is 16.4 Å². The van der Waals surface area contributed by atoms with Crippen molar-refractivity contribution in [2.75, 3.05) is 33.1 Å². The number of hydrogen-bond donors (Lipinski definition) is 1. The fraction of sp³-hybridized carbons (Fsp3) is 0.222. The highest BCUT2D eigenvalue weighted by Gasteiger charge is 2.23. The number of hydrogen-bond acceptors (Lipinski definition) is 6. The van der Waals surface area contributed by atoms with Crippen molar-refractivity contribution in [2.24, 2.45) is 0 Å². The zero-order valence-corrected chi connectivity index (χ0v) is 15.9. The zero-order chi connectivity index (χ0) is 20.0. The summed E-state index contributed by atoms with van der Waals surface area (Å²) in [6.07, 6.45) is 0. The van der Waals surface area contributed by atoms with E-state index in [4.69, 9.17) is 14.7 Å². The maximum absolute atomic E-state index is 12.4. The van der Waals surface area contributed by atoms with Crippen molar-refractivity contribution in [1.82, 2.24) is 4.31 Å². The highest BCUT2D eigenvalue weighted by Crippen LogP contribution is 2.28. The summed E-state index contributed by atoms with van der Waals surface area (Å²) in [6.45, 7) is -0.295. The van der Waals surface area contributed by atoms with Gasteiger partial charge in [-0.05, 0) is 36.4 Å².